The van der Waals surface area contributed by atoms with Crippen molar-refractivity contribution in [1.29, 1.82) is 0 Å². The van der Waals surface area contributed by atoms with Crippen LogP contribution in [0, 0.1) is 10.8 Å². The molecule has 0 radical (unpaired) electrons. The maximum atomic E-state index is 5.93. The molecular formula is C12H27NO. The van der Waals surface area contributed by atoms with Crippen LogP contribution in [-0.2, 0) is 4.74 Å². The Balaban J connectivity index is 4.28. The topological polar surface area (TPSA) is 35.2 Å². The molecule has 86 valence electrons. The maximum absolute atomic E-state index is 5.93. The molecule has 0 aliphatic rings. The lowest BCUT2D eigenvalue weighted by Gasteiger charge is -2.40. The molecular weight excluding hydrogens is 174 g/mol. The first-order valence-corrected chi connectivity index (χ1v) is 5.51. The van der Waals surface area contributed by atoms with E-state index in [1.807, 2.05) is 0 Å². The normalized spacial score (nSPS) is 13.7. The minimum absolute atomic E-state index is 0.187. The van der Waals surface area contributed by atoms with Crippen molar-refractivity contribution in [2.24, 2.45) is 16.6 Å². The minimum Gasteiger partial charge on any atom is -0.377 e. The number of nitrogens with two attached hydrogens (primary N) is 1. The van der Waals surface area contributed by atoms with E-state index in [0.29, 0.717) is 6.54 Å². The van der Waals surface area contributed by atoms with E-state index in [0.717, 1.165) is 13.0 Å². The Labute approximate surface area is 89.2 Å². The summed E-state index contributed by atoms with van der Waals surface area (Å²) in [6.45, 7) is 14.8. The van der Waals surface area contributed by atoms with E-state index in [4.69, 9.17) is 10.5 Å². The van der Waals surface area contributed by atoms with Crippen LogP contribution in [0.25, 0.3) is 0 Å². The molecule has 2 nitrogen and oxygen atoms in total. The van der Waals surface area contributed by atoms with Crippen LogP contribution < -0.4 is 5.73 Å². The van der Waals surface area contributed by atoms with E-state index in [9.17, 15) is 0 Å². The van der Waals surface area contributed by atoms with Gasteiger partial charge < -0.3 is 10.5 Å². The molecule has 0 saturated heterocycles. The van der Waals surface area contributed by atoms with Gasteiger partial charge in [0.25, 0.3) is 0 Å². The van der Waals surface area contributed by atoms with Gasteiger partial charge in [-0.25, -0.2) is 0 Å². The fourth-order valence-corrected chi connectivity index (χ4v) is 2.08. The molecule has 0 saturated carbocycles. The van der Waals surface area contributed by atoms with Gasteiger partial charge in [0.1, 0.15) is 0 Å². The molecule has 0 bridgehead atoms. The van der Waals surface area contributed by atoms with Gasteiger partial charge in [-0.05, 0) is 23.8 Å². The van der Waals surface area contributed by atoms with Crippen LogP contribution >= 0.6 is 0 Å². The van der Waals surface area contributed by atoms with Gasteiger partial charge in [0.05, 0.1) is 6.10 Å². The number of hydrogen-bond acceptors (Lipinski definition) is 2. The van der Waals surface area contributed by atoms with E-state index >= 15 is 0 Å². The molecule has 0 aliphatic heterocycles. The first-order valence-electron chi connectivity index (χ1n) is 5.51. The largest absolute Gasteiger partial charge is 0.377 e. The zero-order valence-corrected chi connectivity index (χ0v) is 10.7. The van der Waals surface area contributed by atoms with Gasteiger partial charge in [-0.2, -0.15) is 0 Å². The van der Waals surface area contributed by atoms with Gasteiger partial charge in [0, 0.05) is 6.61 Å². The Morgan fingerprint density at radius 1 is 1.00 bits per heavy atom. The summed E-state index contributed by atoms with van der Waals surface area (Å²) < 4.78 is 5.93. The molecule has 0 aromatic heterocycles. The summed E-state index contributed by atoms with van der Waals surface area (Å²) in [5, 5.41) is 0. The number of rotatable bonds is 4. The van der Waals surface area contributed by atoms with Gasteiger partial charge >= 0.3 is 0 Å². The first kappa shape index (κ1) is 13.9. The van der Waals surface area contributed by atoms with E-state index in [-0.39, 0.29) is 16.9 Å². The Morgan fingerprint density at radius 2 is 1.43 bits per heavy atom. The molecule has 2 N–H and O–H groups in total. The summed E-state index contributed by atoms with van der Waals surface area (Å²) >= 11 is 0. The smallest absolute Gasteiger partial charge is 0.0671 e. The SMILES string of the molecule is CC(C)(C)C(OCCCN)C(C)(C)C. The predicted octanol–water partition coefficient (Wildman–Crippen LogP) is 2.81. The van der Waals surface area contributed by atoms with Gasteiger partial charge in [-0.15, -0.1) is 0 Å². The molecule has 0 heterocycles. The molecule has 14 heavy (non-hydrogen) atoms. The maximum Gasteiger partial charge on any atom is 0.0671 e. The average Bonchev–Trinajstić information content (AvgIpc) is 1.92. The fraction of sp³-hybridized carbons (Fsp3) is 1.00. The van der Waals surface area contributed by atoms with E-state index in [2.05, 4.69) is 41.5 Å². The average molecular weight is 201 g/mol. The monoisotopic (exact) mass is 201 g/mol. The third kappa shape index (κ3) is 4.97. The van der Waals surface area contributed by atoms with E-state index in [1.165, 1.54) is 0 Å². The van der Waals surface area contributed by atoms with Crippen LogP contribution in [0.4, 0.5) is 0 Å². The molecule has 0 unspecified atom stereocenters. The van der Waals surface area contributed by atoms with Crippen molar-refractivity contribution < 1.29 is 4.74 Å². The highest BCUT2D eigenvalue weighted by Crippen LogP contribution is 2.35. The molecule has 0 spiro atoms. The third-order valence-corrected chi connectivity index (χ3v) is 2.21. The Bertz CT molecular complexity index is 139. The Morgan fingerprint density at radius 3 is 1.71 bits per heavy atom. The molecule has 0 aromatic carbocycles. The van der Waals surface area contributed by atoms with Crippen molar-refractivity contribution in [3.05, 3.63) is 0 Å². The summed E-state index contributed by atoms with van der Waals surface area (Å²) in [5.41, 5.74) is 5.83. The second-order valence-corrected chi connectivity index (χ2v) is 6.13. The van der Waals surface area contributed by atoms with E-state index < -0.39 is 0 Å². The molecule has 0 atom stereocenters. The van der Waals surface area contributed by atoms with Crippen LogP contribution in [0.1, 0.15) is 48.0 Å². The molecule has 0 aliphatic carbocycles. The zero-order chi connectivity index (χ0) is 11.4. The lowest BCUT2D eigenvalue weighted by molar-refractivity contribution is -0.0818. The van der Waals surface area contributed by atoms with Gasteiger partial charge in [0.2, 0.25) is 0 Å². The molecule has 0 rings (SSSR count). The van der Waals surface area contributed by atoms with Crippen molar-refractivity contribution in [2.45, 2.75) is 54.1 Å². The molecule has 0 amide bonds. The molecule has 0 fully saturated rings. The van der Waals surface area contributed by atoms with Crippen molar-refractivity contribution in [1.82, 2.24) is 0 Å². The van der Waals surface area contributed by atoms with Gasteiger partial charge in [0.15, 0.2) is 0 Å². The summed E-state index contributed by atoms with van der Waals surface area (Å²) in [4.78, 5) is 0. The van der Waals surface area contributed by atoms with Gasteiger partial charge in [-0.1, -0.05) is 41.5 Å². The summed E-state index contributed by atoms with van der Waals surface area (Å²) in [6, 6.07) is 0. The third-order valence-electron chi connectivity index (χ3n) is 2.21. The quantitative estimate of drug-likeness (QED) is 0.710. The molecule has 2 heteroatoms. The van der Waals surface area contributed by atoms with Crippen LogP contribution in [0.15, 0.2) is 0 Å². The standard InChI is InChI=1S/C12H27NO/c1-11(2,3)10(12(4,5)6)14-9-7-8-13/h10H,7-9,13H2,1-6H3. The lowest BCUT2D eigenvalue weighted by Crippen LogP contribution is -2.40. The highest BCUT2D eigenvalue weighted by molar-refractivity contribution is 4.84. The minimum atomic E-state index is 0.187. The van der Waals surface area contributed by atoms with E-state index in [1.54, 1.807) is 0 Å². The lowest BCUT2D eigenvalue weighted by atomic mass is 9.74. The second-order valence-electron chi connectivity index (χ2n) is 6.13. The Hall–Kier alpha value is -0.0800. The van der Waals surface area contributed by atoms with Crippen LogP contribution in [0.5, 0.6) is 0 Å². The summed E-state index contributed by atoms with van der Waals surface area (Å²) in [6.07, 6.45) is 1.23. The van der Waals surface area contributed by atoms with Crippen molar-refractivity contribution in [3.8, 4) is 0 Å². The summed E-state index contributed by atoms with van der Waals surface area (Å²) in [5.74, 6) is 0. The van der Waals surface area contributed by atoms with Crippen molar-refractivity contribution >= 4 is 0 Å². The zero-order valence-electron chi connectivity index (χ0n) is 10.7. The molecule has 0 aromatic rings. The second kappa shape index (κ2) is 5.13. The Kier molecular flexibility index (Phi) is 5.10. The summed E-state index contributed by atoms with van der Waals surface area (Å²) in [7, 11) is 0. The first-order chi connectivity index (χ1) is 6.19. The highest BCUT2D eigenvalue weighted by Gasteiger charge is 2.35. The fourth-order valence-electron chi connectivity index (χ4n) is 2.08. The van der Waals surface area contributed by atoms with Crippen LogP contribution in [-0.4, -0.2) is 19.3 Å². The number of hydrogen-bond donors (Lipinski definition) is 1. The number of ether oxygens (including phenoxy) is 1. The highest BCUT2D eigenvalue weighted by atomic mass is 16.5. The van der Waals surface area contributed by atoms with Crippen molar-refractivity contribution in [3.63, 3.8) is 0 Å². The van der Waals surface area contributed by atoms with Crippen LogP contribution in [0.2, 0.25) is 0 Å². The van der Waals surface area contributed by atoms with Crippen LogP contribution in [0.3, 0.4) is 0 Å². The predicted molar refractivity (Wildman–Crippen MR) is 62.3 cm³/mol. The van der Waals surface area contributed by atoms with Gasteiger partial charge in [-0.3, -0.25) is 0 Å². The van der Waals surface area contributed by atoms with Crippen molar-refractivity contribution in [2.75, 3.05) is 13.2 Å².